The Balaban J connectivity index is 1.85. The molecule has 0 spiro atoms. The minimum Gasteiger partial charge on any atom is -0.457 e. The molecule has 0 unspecified atom stereocenters. The summed E-state index contributed by atoms with van der Waals surface area (Å²) in [4.78, 5) is 11.8. The molecule has 3 rings (SSSR count). The van der Waals surface area contributed by atoms with Crippen LogP contribution in [-0.2, 0) is 14.6 Å². The number of hydroxylamine groups is 1. The fourth-order valence-corrected chi connectivity index (χ4v) is 5.39. The summed E-state index contributed by atoms with van der Waals surface area (Å²) in [6.45, 7) is 0.924. The first-order valence-corrected chi connectivity index (χ1v) is 10.3. The molecule has 150 valence electrons. The maximum atomic E-state index is 13.3. The van der Waals surface area contributed by atoms with Gasteiger partial charge < -0.3 is 10.1 Å². The first kappa shape index (κ1) is 20.2. The lowest BCUT2D eigenvalue weighted by Crippen LogP contribution is -2.50. The van der Waals surface area contributed by atoms with Crippen LogP contribution < -0.4 is 15.5 Å². The highest BCUT2D eigenvalue weighted by atomic mass is 32.2. The summed E-state index contributed by atoms with van der Waals surface area (Å²) >= 11 is 0. The molecule has 0 bridgehead atoms. The van der Waals surface area contributed by atoms with Crippen molar-refractivity contribution < 1.29 is 27.5 Å². The lowest BCUT2D eigenvalue weighted by molar-refractivity contribution is -0.130. The second-order valence-corrected chi connectivity index (χ2v) is 9.02. The summed E-state index contributed by atoms with van der Waals surface area (Å²) in [5, 5.41) is 11.9. The molecule has 1 fully saturated rings. The van der Waals surface area contributed by atoms with Gasteiger partial charge in [0.2, 0.25) is 5.91 Å². The molecular weight excluding hydrogens is 387 g/mol. The van der Waals surface area contributed by atoms with Crippen LogP contribution >= 0.6 is 0 Å². The topological polar surface area (TPSA) is 105 Å². The summed E-state index contributed by atoms with van der Waals surface area (Å²) in [7, 11) is -3.84. The standard InChI is InChI=1S/C19H21FN2O5S/c20-14-1-3-15(4-2-14)27-16-5-7-17(8-6-16)28(25,26)19(13-18(23)22-24)9-11-21-12-10-19/h1-8,21,24H,9-13H2,(H,22,23). The zero-order valence-corrected chi connectivity index (χ0v) is 15.8. The number of carbonyl (C=O) groups is 1. The zero-order valence-electron chi connectivity index (χ0n) is 15.0. The van der Waals surface area contributed by atoms with Gasteiger partial charge in [-0.2, -0.15) is 0 Å². The predicted molar refractivity (Wildman–Crippen MR) is 99.5 cm³/mol. The second-order valence-electron chi connectivity index (χ2n) is 6.68. The van der Waals surface area contributed by atoms with E-state index in [4.69, 9.17) is 9.94 Å². The van der Waals surface area contributed by atoms with E-state index >= 15 is 0 Å². The predicted octanol–water partition coefficient (Wildman–Crippen LogP) is 2.41. The minimum atomic E-state index is -3.84. The summed E-state index contributed by atoms with van der Waals surface area (Å²) in [6.07, 6.45) is 0.203. The van der Waals surface area contributed by atoms with Crippen molar-refractivity contribution in [3.63, 3.8) is 0 Å². The van der Waals surface area contributed by atoms with Gasteiger partial charge in [0.05, 0.1) is 9.64 Å². The third-order valence-electron chi connectivity index (χ3n) is 4.88. The number of benzene rings is 2. The molecule has 0 aromatic heterocycles. The summed E-state index contributed by atoms with van der Waals surface area (Å²) in [5.41, 5.74) is 1.53. The Morgan fingerprint density at radius 3 is 2.14 bits per heavy atom. The Hall–Kier alpha value is -2.49. The normalized spacial score (nSPS) is 16.4. The highest BCUT2D eigenvalue weighted by molar-refractivity contribution is 7.92. The smallest absolute Gasteiger partial charge is 0.244 e. The maximum Gasteiger partial charge on any atom is 0.244 e. The van der Waals surface area contributed by atoms with Gasteiger partial charge in [-0.05, 0) is 74.5 Å². The number of piperidine rings is 1. The molecule has 0 aliphatic carbocycles. The monoisotopic (exact) mass is 408 g/mol. The minimum absolute atomic E-state index is 0.0756. The van der Waals surface area contributed by atoms with Crippen molar-refractivity contribution in [2.75, 3.05) is 13.1 Å². The van der Waals surface area contributed by atoms with Gasteiger partial charge in [-0.15, -0.1) is 0 Å². The fourth-order valence-electron chi connectivity index (χ4n) is 3.33. The Morgan fingerprint density at radius 1 is 1.07 bits per heavy atom. The van der Waals surface area contributed by atoms with Gasteiger partial charge in [0.1, 0.15) is 17.3 Å². The average molecular weight is 408 g/mol. The van der Waals surface area contributed by atoms with Crippen LogP contribution in [0.2, 0.25) is 0 Å². The SMILES string of the molecule is O=C(CC1(S(=O)(=O)c2ccc(Oc3ccc(F)cc3)cc2)CCNCC1)NO. The highest BCUT2D eigenvalue weighted by Gasteiger charge is 2.46. The number of hydrogen-bond acceptors (Lipinski definition) is 6. The zero-order chi connectivity index (χ0) is 20.2. The quantitative estimate of drug-likeness (QED) is 0.501. The van der Waals surface area contributed by atoms with Crippen LogP contribution in [0, 0.1) is 5.82 Å². The largest absolute Gasteiger partial charge is 0.457 e. The van der Waals surface area contributed by atoms with Crippen LogP contribution in [0.15, 0.2) is 53.4 Å². The van der Waals surface area contributed by atoms with E-state index in [0.717, 1.165) is 0 Å². The average Bonchev–Trinajstić information content (AvgIpc) is 2.70. The van der Waals surface area contributed by atoms with Gasteiger partial charge in [-0.3, -0.25) is 10.0 Å². The molecule has 0 saturated carbocycles. The highest BCUT2D eigenvalue weighted by Crippen LogP contribution is 2.37. The van der Waals surface area contributed by atoms with E-state index in [1.165, 1.54) is 54.0 Å². The van der Waals surface area contributed by atoms with Gasteiger partial charge in [-0.25, -0.2) is 18.3 Å². The van der Waals surface area contributed by atoms with E-state index in [9.17, 15) is 17.6 Å². The van der Waals surface area contributed by atoms with E-state index in [2.05, 4.69) is 5.32 Å². The van der Waals surface area contributed by atoms with E-state index < -0.39 is 20.5 Å². The van der Waals surface area contributed by atoms with Gasteiger partial charge in [-0.1, -0.05) is 0 Å². The van der Waals surface area contributed by atoms with Crippen molar-refractivity contribution in [1.82, 2.24) is 10.8 Å². The van der Waals surface area contributed by atoms with Crippen molar-refractivity contribution in [3.05, 3.63) is 54.3 Å². The number of carbonyl (C=O) groups excluding carboxylic acids is 1. The Kier molecular flexibility index (Phi) is 5.97. The first-order chi connectivity index (χ1) is 13.4. The Morgan fingerprint density at radius 2 is 1.61 bits per heavy atom. The van der Waals surface area contributed by atoms with Crippen LogP contribution in [0.4, 0.5) is 4.39 Å². The third kappa shape index (κ3) is 4.16. The van der Waals surface area contributed by atoms with E-state index in [1.54, 1.807) is 0 Å². The molecule has 2 aromatic rings. The van der Waals surface area contributed by atoms with Gasteiger partial charge >= 0.3 is 0 Å². The molecule has 9 heteroatoms. The number of amides is 1. The van der Waals surface area contributed by atoms with Crippen LogP contribution in [-0.4, -0.2) is 37.4 Å². The third-order valence-corrected chi connectivity index (χ3v) is 7.46. The fraction of sp³-hybridized carbons (Fsp3) is 0.316. The van der Waals surface area contributed by atoms with Crippen molar-refractivity contribution in [2.24, 2.45) is 0 Å². The van der Waals surface area contributed by atoms with Crippen LogP contribution in [0.5, 0.6) is 11.5 Å². The van der Waals surface area contributed by atoms with Crippen LogP contribution in [0.25, 0.3) is 0 Å². The second kappa shape index (κ2) is 8.26. The molecule has 1 amide bonds. The molecule has 3 N–H and O–H groups in total. The summed E-state index contributed by atoms with van der Waals surface area (Å²) < 4.78 is 43.9. The van der Waals surface area contributed by atoms with Crippen molar-refractivity contribution in [3.8, 4) is 11.5 Å². The van der Waals surface area contributed by atoms with Crippen LogP contribution in [0.3, 0.4) is 0 Å². The molecular formula is C19H21FN2O5S. The van der Waals surface area contributed by atoms with E-state index in [0.29, 0.717) is 24.6 Å². The molecule has 1 heterocycles. The molecule has 1 aliphatic rings. The lowest BCUT2D eigenvalue weighted by atomic mass is 9.93. The Labute approximate surface area is 162 Å². The van der Waals surface area contributed by atoms with Crippen molar-refractivity contribution in [2.45, 2.75) is 28.9 Å². The van der Waals surface area contributed by atoms with Crippen LogP contribution in [0.1, 0.15) is 19.3 Å². The molecule has 28 heavy (non-hydrogen) atoms. The molecule has 2 aromatic carbocycles. The summed E-state index contributed by atoms with van der Waals surface area (Å²) in [5.74, 6) is -0.292. The Bertz CT molecular complexity index is 924. The molecule has 0 atom stereocenters. The number of ether oxygens (including phenoxy) is 1. The number of halogens is 1. The molecule has 1 saturated heterocycles. The molecule has 7 nitrogen and oxygen atoms in total. The molecule has 0 radical (unpaired) electrons. The van der Waals surface area contributed by atoms with Gasteiger partial charge in [0, 0.05) is 6.42 Å². The van der Waals surface area contributed by atoms with Crippen molar-refractivity contribution >= 4 is 15.7 Å². The first-order valence-electron chi connectivity index (χ1n) is 8.78. The number of sulfone groups is 1. The maximum absolute atomic E-state index is 13.3. The summed E-state index contributed by atoms with van der Waals surface area (Å²) in [6, 6.07) is 11.3. The number of nitrogens with one attached hydrogen (secondary N) is 2. The van der Waals surface area contributed by atoms with E-state index in [-0.39, 0.29) is 30.0 Å². The van der Waals surface area contributed by atoms with E-state index in [1.807, 2.05) is 0 Å². The number of rotatable bonds is 6. The number of hydrogen-bond donors (Lipinski definition) is 3. The van der Waals surface area contributed by atoms with Gasteiger partial charge in [0.25, 0.3) is 0 Å². The van der Waals surface area contributed by atoms with Gasteiger partial charge in [0.15, 0.2) is 9.84 Å². The van der Waals surface area contributed by atoms with Crippen molar-refractivity contribution in [1.29, 1.82) is 0 Å². The molecule has 1 aliphatic heterocycles. The lowest BCUT2D eigenvalue weighted by Gasteiger charge is -2.36.